The van der Waals surface area contributed by atoms with Crippen molar-refractivity contribution in [1.29, 1.82) is 0 Å². The van der Waals surface area contributed by atoms with Crippen molar-refractivity contribution in [3.8, 4) is 5.75 Å². The van der Waals surface area contributed by atoms with Gasteiger partial charge in [-0.1, -0.05) is 12.1 Å². The highest BCUT2D eigenvalue weighted by molar-refractivity contribution is 5.97. The maximum absolute atomic E-state index is 13.2. The Labute approximate surface area is 160 Å². The van der Waals surface area contributed by atoms with Crippen molar-refractivity contribution in [1.82, 2.24) is 15.1 Å². The first-order chi connectivity index (χ1) is 13.1. The molecule has 1 saturated heterocycles. The summed E-state index contributed by atoms with van der Waals surface area (Å²) in [6.45, 7) is 5.25. The van der Waals surface area contributed by atoms with Crippen molar-refractivity contribution in [3.05, 3.63) is 29.8 Å². The molecule has 2 aliphatic rings. The van der Waals surface area contributed by atoms with E-state index in [1.54, 1.807) is 24.1 Å². The molecular formula is C20H29N3O4. The fourth-order valence-corrected chi connectivity index (χ4v) is 3.37. The van der Waals surface area contributed by atoms with Crippen LogP contribution in [-0.4, -0.2) is 74.3 Å². The topological polar surface area (TPSA) is 71.1 Å². The molecule has 1 aliphatic heterocycles. The molecular weight excluding hydrogens is 346 g/mol. The standard InChI is InChI=1S/C20H29N3O4/c1-3-21-20(25)22-10-11-27-16(13-22)14-23(12-15-8-9-15)19(24)17-6-4-5-7-18(17)26-2/h4-7,15-16H,3,8-14H2,1-2H3,(H,21,25)/t16-/m1/s1. The Kier molecular flexibility index (Phi) is 6.55. The molecule has 3 amide bonds. The highest BCUT2D eigenvalue weighted by atomic mass is 16.5. The number of hydrogen-bond donors (Lipinski definition) is 1. The number of nitrogens with one attached hydrogen (secondary N) is 1. The number of ether oxygens (including phenoxy) is 2. The minimum atomic E-state index is -0.182. The van der Waals surface area contributed by atoms with E-state index in [-0.39, 0.29) is 18.0 Å². The minimum Gasteiger partial charge on any atom is -0.496 e. The summed E-state index contributed by atoms with van der Waals surface area (Å²) in [6.07, 6.45) is 2.14. The van der Waals surface area contributed by atoms with Gasteiger partial charge in [0.15, 0.2) is 0 Å². The molecule has 1 aliphatic carbocycles. The lowest BCUT2D eigenvalue weighted by molar-refractivity contribution is -0.0281. The van der Waals surface area contributed by atoms with E-state index in [2.05, 4.69) is 5.32 Å². The van der Waals surface area contributed by atoms with Crippen LogP contribution in [-0.2, 0) is 4.74 Å². The fraction of sp³-hybridized carbons (Fsp3) is 0.600. The van der Waals surface area contributed by atoms with Gasteiger partial charge in [-0.25, -0.2) is 4.79 Å². The molecule has 0 bridgehead atoms. The van der Waals surface area contributed by atoms with Gasteiger partial charge in [0.2, 0.25) is 0 Å². The van der Waals surface area contributed by atoms with Crippen LogP contribution in [0.25, 0.3) is 0 Å². The number of urea groups is 1. The number of benzene rings is 1. The van der Waals surface area contributed by atoms with Gasteiger partial charge >= 0.3 is 6.03 Å². The number of nitrogens with zero attached hydrogens (tertiary/aromatic N) is 2. The molecule has 2 fully saturated rings. The second kappa shape index (κ2) is 9.08. The van der Waals surface area contributed by atoms with E-state index in [1.807, 2.05) is 24.0 Å². The summed E-state index contributed by atoms with van der Waals surface area (Å²) < 4.78 is 11.2. The largest absolute Gasteiger partial charge is 0.496 e. The molecule has 0 radical (unpaired) electrons. The van der Waals surface area contributed by atoms with Gasteiger partial charge in [-0.3, -0.25) is 4.79 Å². The van der Waals surface area contributed by atoms with Crippen LogP contribution in [0, 0.1) is 5.92 Å². The van der Waals surface area contributed by atoms with Gasteiger partial charge in [0.1, 0.15) is 5.75 Å². The van der Waals surface area contributed by atoms with E-state index < -0.39 is 0 Å². The number of carbonyl (C=O) groups is 2. The molecule has 27 heavy (non-hydrogen) atoms. The first-order valence-electron chi connectivity index (χ1n) is 9.69. The average molecular weight is 375 g/mol. The number of methoxy groups -OCH3 is 1. The Bertz CT molecular complexity index is 662. The summed E-state index contributed by atoms with van der Waals surface area (Å²) in [5, 5.41) is 2.83. The smallest absolute Gasteiger partial charge is 0.317 e. The Balaban J connectivity index is 1.69. The SMILES string of the molecule is CCNC(=O)N1CCO[C@@H](CN(CC2CC2)C(=O)c2ccccc2OC)C1. The molecule has 7 heteroatoms. The van der Waals surface area contributed by atoms with Gasteiger partial charge in [0, 0.05) is 26.2 Å². The number of hydrogen-bond acceptors (Lipinski definition) is 4. The van der Waals surface area contributed by atoms with Crippen molar-refractivity contribution in [3.63, 3.8) is 0 Å². The number of para-hydroxylation sites is 1. The van der Waals surface area contributed by atoms with Crippen LogP contribution in [0.2, 0.25) is 0 Å². The van der Waals surface area contributed by atoms with Crippen LogP contribution >= 0.6 is 0 Å². The third kappa shape index (κ3) is 5.13. The lowest BCUT2D eigenvalue weighted by atomic mass is 10.1. The molecule has 1 atom stereocenters. The van der Waals surface area contributed by atoms with Gasteiger partial charge in [-0.05, 0) is 37.8 Å². The van der Waals surface area contributed by atoms with Crippen molar-refractivity contribution in [2.24, 2.45) is 5.92 Å². The average Bonchev–Trinajstić information content (AvgIpc) is 3.51. The number of rotatable bonds is 7. The Morgan fingerprint density at radius 3 is 2.78 bits per heavy atom. The predicted octanol–water partition coefficient (Wildman–Crippen LogP) is 1.98. The van der Waals surface area contributed by atoms with Crippen molar-refractivity contribution < 1.29 is 19.1 Å². The van der Waals surface area contributed by atoms with E-state index in [4.69, 9.17) is 9.47 Å². The zero-order valence-corrected chi connectivity index (χ0v) is 16.1. The highest BCUT2D eigenvalue weighted by Crippen LogP contribution is 2.31. The Morgan fingerprint density at radius 1 is 1.30 bits per heavy atom. The first kappa shape index (κ1) is 19.5. The van der Waals surface area contributed by atoms with Crippen molar-refractivity contribution in [2.45, 2.75) is 25.9 Å². The normalized spacial score (nSPS) is 19.5. The predicted molar refractivity (Wildman–Crippen MR) is 102 cm³/mol. The van der Waals surface area contributed by atoms with Crippen molar-refractivity contribution >= 4 is 11.9 Å². The molecule has 7 nitrogen and oxygen atoms in total. The molecule has 1 aromatic carbocycles. The molecule has 1 N–H and O–H groups in total. The lowest BCUT2D eigenvalue weighted by Gasteiger charge is -2.36. The first-order valence-corrected chi connectivity index (χ1v) is 9.69. The maximum Gasteiger partial charge on any atom is 0.317 e. The van der Waals surface area contributed by atoms with Crippen molar-refractivity contribution in [2.75, 3.05) is 46.4 Å². The van der Waals surface area contributed by atoms with E-state index in [1.165, 1.54) is 0 Å². The van der Waals surface area contributed by atoms with Crippen LogP contribution in [0.1, 0.15) is 30.1 Å². The summed E-state index contributed by atoms with van der Waals surface area (Å²) in [6, 6.07) is 7.23. The summed E-state index contributed by atoms with van der Waals surface area (Å²) in [5.41, 5.74) is 0.567. The summed E-state index contributed by atoms with van der Waals surface area (Å²) in [5.74, 6) is 1.10. The summed E-state index contributed by atoms with van der Waals surface area (Å²) in [7, 11) is 1.58. The summed E-state index contributed by atoms with van der Waals surface area (Å²) in [4.78, 5) is 28.9. The zero-order chi connectivity index (χ0) is 19.2. The van der Waals surface area contributed by atoms with E-state index in [0.29, 0.717) is 50.0 Å². The molecule has 1 saturated carbocycles. The lowest BCUT2D eigenvalue weighted by Crippen LogP contribution is -2.53. The number of morpholine rings is 1. The third-order valence-electron chi connectivity index (χ3n) is 4.98. The molecule has 1 aromatic rings. The molecule has 0 spiro atoms. The van der Waals surface area contributed by atoms with Crippen LogP contribution in [0.5, 0.6) is 5.75 Å². The van der Waals surface area contributed by atoms with Crippen LogP contribution in [0.3, 0.4) is 0 Å². The minimum absolute atomic E-state index is 0.0434. The van der Waals surface area contributed by atoms with Crippen LogP contribution in [0.15, 0.2) is 24.3 Å². The van der Waals surface area contributed by atoms with Gasteiger partial charge in [-0.15, -0.1) is 0 Å². The quantitative estimate of drug-likeness (QED) is 0.791. The molecule has 3 rings (SSSR count). The second-order valence-corrected chi connectivity index (χ2v) is 7.13. The van der Waals surface area contributed by atoms with Gasteiger partial charge in [0.05, 0.1) is 31.9 Å². The Morgan fingerprint density at radius 2 is 2.07 bits per heavy atom. The van der Waals surface area contributed by atoms with Gasteiger partial charge in [0.25, 0.3) is 5.91 Å². The van der Waals surface area contributed by atoms with E-state index >= 15 is 0 Å². The second-order valence-electron chi connectivity index (χ2n) is 7.13. The molecule has 0 unspecified atom stereocenters. The maximum atomic E-state index is 13.2. The molecule has 0 aromatic heterocycles. The van der Waals surface area contributed by atoms with Crippen LogP contribution < -0.4 is 10.1 Å². The summed E-state index contributed by atoms with van der Waals surface area (Å²) >= 11 is 0. The molecule has 1 heterocycles. The fourth-order valence-electron chi connectivity index (χ4n) is 3.37. The van der Waals surface area contributed by atoms with Gasteiger partial charge in [-0.2, -0.15) is 0 Å². The zero-order valence-electron chi connectivity index (χ0n) is 16.1. The van der Waals surface area contributed by atoms with E-state index in [0.717, 1.165) is 19.4 Å². The van der Waals surface area contributed by atoms with Gasteiger partial charge < -0.3 is 24.6 Å². The number of carbonyl (C=O) groups excluding carboxylic acids is 2. The highest BCUT2D eigenvalue weighted by Gasteiger charge is 2.32. The van der Waals surface area contributed by atoms with Crippen LogP contribution in [0.4, 0.5) is 4.79 Å². The Hall–Kier alpha value is -2.28. The molecule has 148 valence electrons. The number of amides is 3. The third-order valence-corrected chi connectivity index (χ3v) is 4.98. The van der Waals surface area contributed by atoms with E-state index in [9.17, 15) is 9.59 Å². The monoisotopic (exact) mass is 375 g/mol.